The van der Waals surface area contributed by atoms with Crippen molar-refractivity contribution in [1.29, 1.82) is 0 Å². The topological polar surface area (TPSA) is 51.5 Å². The highest BCUT2D eigenvalue weighted by Gasteiger charge is 2.37. The van der Waals surface area contributed by atoms with Gasteiger partial charge in [0.1, 0.15) is 12.4 Å². The molecule has 0 saturated carbocycles. The van der Waals surface area contributed by atoms with E-state index in [4.69, 9.17) is 16.3 Å². The van der Waals surface area contributed by atoms with Crippen LogP contribution in [0.1, 0.15) is 42.8 Å². The summed E-state index contributed by atoms with van der Waals surface area (Å²) in [5.74, 6) is 0.566. The lowest BCUT2D eigenvalue weighted by Crippen LogP contribution is -2.36. The summed E-state index contributed by atoms with van der Waals surface area (Å²) in [6, 6.07) is 17.4. The molecular weight excluding hydrogens is 468 g/mol. The number of thioether (sulfide) groups is 1. The van der Waals surface area contributed by atoms with Crippen LogP contribution in [0.2, 0.25) is 5.02 Å². The number of halogens is 1. The first-order valence-electron chi connectivity index (χ1n) is 11.2. The average Bonchev–Trinajstić information content (AvgIpc) is 3.27. The first-order valence-corrected chi connectivity index (χ1v) is 12.4. The Morgan fingerprint density at radius 1 is 1.06 bits per heavy atom. The third-order valence-corrected chi connectivity index (χ3v) is 7.16. The predicted molar refractivity (Wildman–Crippen MR) is 139 cm³/mol. The van der Waals surface area contributed by atoms with E-state index in [1.54, 1.807) is 0 Å². The predicted octanol–water partition coefficient (Wildman–Crippen LogP) is 7.16. The van der Waals surface area contributed by atoms with Crippen LogP contribution in [0.25, 0.3) is 11.8 Å². The van der Waals surface area contributed by atoms with Gasteiger partial charge >= 0.3 is 0 Å². The molecule has 0 spiro atoms. The minimum atomic E-state index is -0.212. The molecule has 1 aromatic heterocycles. The van der Waals surface area contributed by atoms with Crippen molar-refractivity contribution in [2.45, 2.75) is 46.8 Å². The maximum Gasteiger partial charge on any atom is 0.293 e. The number of carbonyl (C=O) groups is 2. The van der Waals surface area contributed by atoms with E-state index in [0.29, 0.717) is 16.5 Å². The van der Waals surface area contributed by atoms with Gasteiger partial charge in [0, 0.05) is 28.1 Å². The smallest absolute Gasteiger partial charge is 0.293 e. The highest BCUT2D eigenvalue weighted by Crippen LogP contribution is 2.35. The zero-order valence-electron chi connectivity index (χ0n) is 19.7. The van der Waals surface area contributed by atoms with Crippen LogP contribution >= 0.6 is 23.4 Å². The van der Waals surface area contributed by atoms with E-state index < -0.39 is 0 Å². The van der Waals surface area contributed by atoms with Crippen molar-refractivity contribution in [3.63, 3.8) is 0 Å². The number of rotatable bonds is 7. The van der Waals surface area contributed by atoms with Gasteiger partial charge in [0.05, 0.1) is 4.91 Å². The molecule has 0 aliphatic carbocycles. The molecule has 2 aromatic carbocycles. The molecule has 3 aromatic rings. The third-order valence-electron chi connectivity index (χ3n) is 6.03. The second kappa shape index (κ2) is 10.1. The quantitative estimate of drug-likeness (QED) is 0.327. The Bertz CT molecular complexity index is 1250. The van der Waals surface area contributed by atoms with Crippen LogP contribution in [0.15, 0.2) is 59.5 Å². The van der Waals surface area contributed by atoms with Crippen molar-refractivity contribution >= 4 is 40.6 Å². The van der Waals surface area contributed by atoms with Crippen LogP contribution in [0.5, 0.6) is 5.75 Å². The Labute approximate surface area is 209 Å². The standard InChI is InChI=1S/C27H27ClN2O3S/c1-5-17(2)30-26(31)25(34-27(30)32)15-21-14-18(3)29(19(21)4)23-10-12-24(13-11-23)33-16-20-6-8-22(28)9-7-20/h6-15,17H,5,16H2,1-4H3/b25-15+/t17-/m1/s1. The molecule has 0 N–H and O–H groups in total. The molecule has 1 atom stereocenters. The highest BCUT2D eigenvalue weighted by atomic mass is 35.5. The molecule has 2 heterocycles. The second-order valence-corrected chi connectivity index (χ2v) is 9.81. The van der Waals surface area contributed by atoms with Gasteiger partial charge in [-0.15, -0.1) is 0 Å². The van der Waals surface area contributed by atoms with Crippen molar-refractivity contribution in [3.8, 4) is 11.4 Å². The molecule has 1 aliphatic rings. The molecule has 7 heteroatoms. The molecule has 0 radical (unpaired) electrons. The maximum atomic E-state index is 12.8. The van der Waals surface area contributed by atoms with Gasteiger partial charge in [0.15, 0.2) is 0 Å². The summed E-state index contributed by atoms with van der Waals surface area (Å²) >= 11 is 6.95. The van der Waals surface area contributed by atoms with E-state index in [9.17, 15) is 9.59 Å². The Kier molecular flexibility index (Phi) is 7.19. The molecule has 0 unspecified atom stereocenters. The number of ether oxygens (including phenoxy) is 1. The number of nitrogens with zero attached hydrogens (tertiary/aromatic N) is 2. The lowest BCUT2D eigenvalue weighted by atomic mass is 10.2. The fourth-order valence-electron chi connectivity index (χ4n) is 3.95. The first-order chi connectivity index (χ1) is 16.3. The molecule has 34 heavy (non-hydrogen) atoms. The normalized spacial score (nSPS) is 15.9. The van der Waals surface area contributed by atoms with Gasteiger partial charge in [-0.1, -0.05) is 30.7 Å². The zero-order valence-corrected chi connectivity index (χ0v) is 21.2. The molecule has 4 rings (SSSR count). The van der Waals surface area contributed by atoms with E-state index >= 15 is 0 Å². The van der Waals surface area contributed by atoms with Gasteiger partial charge in [0.25, 0.3) is 11.1 Å². The Morgan fingerprint density at radius 3 is 2.38 bits per heavy atom. The zero-order chi connectivity index (χ0) is 24.4. The molecular formula is C27H27ClN2O3S. The summed E-state index contributed by atoms with van der Waals surface area (Å²) in [7, 11) is 0. The summed E-state index contributed by atoms with van der Waals surface area (Å²) < 4.78 is 8.03. The van der Waals surface area contributed by atoms with Crippen LogP contribution in [0.3, 0.4) is 0 Å². The Balaban J connectivity index is 1.52. The number of hydrogen-bond donors (Lipinski definition) is 0. The first kappa shape index (κ1) is 24.2. The number of hydrogen-bond acceptors (Lipinski definition) is 4. The van der Waals surface area contributed by atoms with Crippen molar-refractivity contribution in [1.82, 2.24) is 9.47 Å². The number of benzene rings is 2. The van der Waals surface area contributed by atoms with Gasteiger partial charge < -0.3 is 9.30 Å². The summed E-state index contributed by atoms with van der Waals surface area (Å²) in [6.45, 7) is 8.38. The second-order valence-electron chi connectivity index (χ2n) is 8.38. The molecule has 176 valence electrons. The molecule has 5 nitrogen and oxygen atoms in total. The van der Waals surface area contributed by atoms with E-state index in [0.717, 1.165) is 52.1 Å². The lowest BCUT2D eigenvalue weighted by molar-refractivity contribution is -0.124. The van der Waals surface area contributed by atoms with Gasteiger partial charge in [0.2, 0.25) is 0 Å². The number of aromatic nitrogens is 1. The minimum absolute atomic E-state index is 0.105. The summed E-state index contributed by atoms with van der Waals surface area (Å²) in [5.41, 5.74) is 5.02. The minimum Gasteiger partial charge on any atom is -0.489 e. The number of imide groups is 1. The maximum absolute atomic E-state index is 12.8. The molecule has 1 aliphatic heterocycles. The fourth-order valence-corrected chi connectivity index (χ4v) is 5.00. The highest BCUT2D eigenvalue weighted by molar-refractivity contribution is 8.18. The van der Waals surface area contributed by atoms with Crippen LogP contribution in [0, 0.1) is 13.8 Å². The van der Waals surface area contributed by atoms with Crippen molar-refractivity contribution in [2.24, 2.45) is 0 Å². The van der Waals surface area contributed by atoms with Gasteiger partial charge in [-0.2, -0.15) is 0 Å². The lowest BCUT2D eigenvalue weighted by Gasteiger charge is -2.19. The fraction of sp³-hybridized carbons (Fsp3) is 0.259. The molecule has 2 amide bonds. The molecule has 0 bridgehead atoms. The van der Waals surface area contributed by atoms with Crippen molar-refractivity contribution < 1.29 is 14.3 Å². The van der Waals surface area contributed by atoms with E-state index in [1.807, 2.05) is 88.4 Å². The molecule has 1 fully saturated rings. The molecule has 1 saturated heterocycles. The number of amides is 2. The third kappa shape index (κ3) is 4.93. The Hall–Kier alpha value is -2.96. The van der Waals surface area contributed by atoms with Crippen molar-refractivity contribution in [3.05, 3.63) is 87.0 Å². The van der Waals surface area contributed by atoms with E-state index in [-0.39, 0.29) is 17.2 Å². The van der Waals surface area contributed by atoms with Gasteiger partial charge in [-0.25, -0.2) is 0 Å². The van der Waals surface area contributed by atoms with Gasteiger partial charge in [-0.3, -0.25) is 14.5 Å². The SMILES string of the molecule is CC[C@@H](C)N1C(=O)S/C(=C/c2cc(C)n(-c3ccc(OCc4ccc(Cl)cc4)cc3)c2C)C1=O. The van der Waals surface area contributed by atoms with Crippen molar-refractivity contribution in [2.75, 3.05) is 0 Å². The Morgan fingerprint density at radius 2 is 1.74 bits per heavy atom. The van der Waals surface area contributed by atoms with Crippen LogP contribution in [-0.4, -0.2) is 26.7 Å². The summed E-state index contributed by atoms with van der Waals surface area (Å²) in [5, 5.41) is 0.504. The van der Waals surface area contributed by atoms with Crippen LogP contribution < -0.4 is 4.74 Å². The monoisotopic (exact) mass is 494 g/mol. The number of aryl methyl sites for hydroxylation is 1. The average molecular weight is 495 g/mol. The van der Waals surface area contributed by atoms with E-state index in [2.05, 4.69) is 4.57 Å². The van der Waals surface area contributed by atoms with Gasteiger partial charge in [-0.05, 0) is 98.6 Å². The number of carbonyl (C=O) groups excluding carboxylic acids is 2. The van der Waals surface area contributed by atoms with Crippen LogP contribution in [0.4, 0.5) is 4.79 Å². The summed E-state index contributed by atoms with van der Waals surface area (Å²) in [6.07, 6.45) is 2.56. The van der Waals surface area contributed by atoms with E-state index in [1.165, 1.54) is 4.90 Å². The summed E-state index contributed by atoms with van der Waals surface area (Å²) in [4.78, 5) is 27.0. The largest absolute Gasteiger partial charge is 0.489 e. The van der Waals surface area contributed by atoms with Crippen LogP contribution in [-0.2, 0) is 11.4 Å².